The van der Waals surface area contributed by atoms with Gasteiger partial charge in [0.15, 0.2) is 0 Å². The molecule has 0 bridgehead atoms. The molecule has 4 atom stereocenters. The third-order valence-electron chi connectivity index (χ3n) is 6.79. The summed E-state index contributed by atoms with van der Waals surface area (Å²) in [6.45, 7) is 2.89. The standard InChI is InChI=1S/C25H28N2O2/c28-24(22-16-20(22)18-8-3-1-4-9-18)26-12-7-13-27(15-14-26)25(29)23-17-21(23)19-10-5-2-6-11-19/h1-6,8-11,20-23H,7,12-17H2/t20-,21-,22-,23-/m1/s1. The minimum Gasteiger partial charge on any atom is -0.341 e. The second kappa shape index (κ2) is 7.66. The highest BCUT2D eigenvalue weighted by Crippen LogP contribution is 2.49. The van der Waals surface area contributed by atoms with Crippen LogP contribution in [0.1, 0.15) is 42.2 Å². The number of rotatable bonds is 4. The molecule has 29 heavy (non-hydrogen) atoms. The van der Waals surface area contributed by atoms with Gasteiger partial charge in [0, 0.05) is 38.0 Å². The van der Waals surface area contributed by atoms with Crippen LogP contribution in [0.4, 0.5) is 0 Å². The van der Waals surface area contributed by atoms with Gasteiger partial charge in [-0.15, -0.1) is 0 Å². The summed E-state index contributed by atoms with van der Waals surface area (Å²) in [4.78, 5) is 30.0. The zero-order valence-electron chi connectivity index (χ0n) is 16.7. The van der Waals surface area contributed by atoms with E-state index < -0.39 is 0 Å². The maximum absolute atomic E-state index is 13.0. The van der Waals surface area contributed by atoms with Crippen LogP contribution >= 0.6 is 0 Å². The van der Waals surface area contributed by atoms with Crippen molar-refractivity contribution in [3.8, 4) is 0 Å². The number of nitrogens with zero attached hydrogens (tertiary/aromatic N) is 2. The van der Waals surface area contributed by atoms with Crippen molar-refractivity contribution in [1.29, 1.82) is 0 Å². The molecule has 150 valence electrons. The normalized spacial score (nSPS) is 28.6. The van der Waals surface area contributed by atoms with Crippen molar-refractivity contribution in [2.45, 2.75) is 31.1 Å². The molecule has 0 spiro atoms. The number of carbonyl (C=O) groups excluding carboxylic acids is 2. The van der Waals surface area contributed by atoms with E-state index in [0.717, 1.165) is 32.4 Å². The first-order valence-electron chi connectivity index (χ1n) is 10.9. The zero-order chi connectivity index (χ0) is 19.8. The second-order valence-corrected chi connectivity index (χ2v) is 8.72. The molecule has 2 aromatic carbocycles. The Morgan fingerprint density at radius 3 is 1.45 bits per heavy atom. The Kier molecular flexibility index (Phi) is 4.86. The topological polar surface area (TPSA) is 40.6 Å². The molecule has 2 amide bonds. The van der Waals surface area contributed by atoms with Gasteiger partial charge >= 0.3 is 0 Å². The summed E-state index contributed by atoms with van der Waals surface area (Å²) in [6.07, 6.45) is 2.80. The van der Waals surface area contributed by atoms with Gasteiger partial charge in [-0.05, 0) is 42.2 Å². The first kappa shape index (κ1) is 18.4. The van der Waals surface area contributed by atoms with E-state index in [9.17, 15) is 9.59 Å². The van der Waals surface area contributed by atoms with Crippen LogP contribution in [-0.2, 0) is 9.59 Å². The summed E-state index contributed by atoms with van der Waals surface area (Å²) >= 11 is 0. The van der Waals surface area contributed by atoms with Crippen LogP contribution in [0.2, 0.25) is 0 Å². The summed E-state index contributed by atoms with van der Waals surface area (Å²) in [7, 11) is 0. The van der Waals surface area contributed by atoms with Crippen molar-refractivity contribution in [2.24, 2.45) is 11.8 Å². The van der Waals surface area contributed by atoms with E-state index in [1.165, 1.54) is 11.1 Å². The van der Waals surface area contributed by atoms with Crippen LogP contribution in [0, 0.1) is 11.8 Å². The molecular weight excluding hydrogens is 360 g/mol. The molecule has 1 heterocycles. The van der Waals surface area contributed by atoms with Gasteiger partial charge in [-0.1, -0.05) is 60.7 Å². The zero-order valence-corrected chi connectivity index (χ0v) is 16.7. The number of amides is 2. The lowest BCUT2D eigenvalue weighted by atomic mass is 10.1. The number of hydrogen-bond acceptors (Lipinski definition) is 2. The number of carbonyl (C=O) groups is 2. The first-order chi connectivity index (χ1) is 14.2. The predicted octanol–water partition coefficient (Wildman–Crippen LogP) is 3.65. The van der Waals surface area contributed by atoms with E-state index in [4.69, 9.17) is 0 Å². The van der Waals surface area contributed by atoms with E-state index >= 15 is 0 Å². The van der Waals surface area contributed by atoms with Crippen LogP contribution in [0.5, 0.6) is 0 Å². The van der Waals surface area contributed by atoms with Gasteiger partial charge < -0.3 is 9.80 Å². The minimum atomic E-state index is 0.130. The summed E-state index contributed by atoms with van der Waals surface area (Å²) < 4.78 is 0. The summed E-state index contributed by atoms with van der Waals surface area (Å²) in [5, 5.41) is 0. The fourth-order valence-corrected chi connectivity index (χ4v) is 4.90. The van der Waals surface area contributed by atoms with Crippen molar-refractivity contribution in [3.05, 3.63) is 71.8 Å². The van der Waals surface area contributed by atoms with E-state index in [0.29, 0.717) is 24.9 Å². The fraction of sp³-hybridized carbons (Fsp3) is 0.440. The van der Waals surface area contributed by atoms with Crippen molar-refractivity contribution in [3.63, 3.8) is 0 Å². The largest absolute Gasteiger partial charge is 0.341 e. The van der Waals surface area contributed by atoms with Gasteiger partial charge in [0.25, 0.3) is 0 Å². The lowest BCUT2D eigenvalue weighted by molar-refractivity contribution is -0.135. The highest BCUT2D eigenvalue weighted by atomic mass is 16.2. The third kappa shape index (κ3) is 3.81. The van der Waals surface area contributed by atoms with E-state index in [-0.39, 0.29) is 23.7 Å². The molecule has 5 rings (SSSR count). The lowest BCUT2D eigenvalue weighted by Crippen LogP contribution is -2.38. The molecule has 4 nitrogen and oxygen atoms in total. The minimum absolute atomic E-state index is 0.130. The van der Waals surface area contributed by atoms with E-state index in [1.54, 1.807) is 0 Å². The Morgan fingerprint density at radius 2 is 1.03 bits per heavy atom. The van der Waals surface area contributed by atoms with E-state index in [2.05, 4.69) is 24.3 Å². The second-order valence-electron chi connectivity index (χ2n) is 8.72. The SMILES string of the molecule is O=C([C@@H]1C[C@@H]1c1ccccc1)N1CCCN(C(=O)[C@@H]2C[C@@H]2c2ccccc2)CC1. The quantitative estimate of drug-likeness (QED) is 0.802. The van der Waals surface area contributed by atoms with Gasteiger partial charge in [-0.25, -0.2) is 0 Å². The van der Waals surface area contributed by atoms with Crippen LogP contribution in [-0.4, -0.2) is 47.8 Å². The molecule has 3 aliphatic rings. The molecule has 1 aliphatic heterocycles. The third-order valence-corrected chi connectivity index (χ3v) is 6.79. The van der Waals surface area contributed by atoms with Gasteiger partial charge in [-0.2, -0.15) is 0 Å². The van der Waals surface area contributed by atoms with Crippen LogP contribution in [0.3, 0.4) is 0 Å². The molecule has 2 aliphatic carbocycles. The molecule has 2 saturated carbocycles. The molecule has 4 heteroatoms. The van der Waals surface area contributed by atoms with Crippen LogP contribution in [0.15, 0.2) is 60.7 Å². The molecule has 0 aromatic heterocycles. The highest BCUT2D eigenvalue weighted by molar-refractivity contribution is 5.84. The van der Waals surface area contributed by atoms with Gasteiger partial charge in [0.1, 0.15) is 0 Å². The highest BCUT2D eigenvalue weighted by Gasteiger charge is 2.47. The number of benzene rings is 2. The van der Waals surface area contributed by atoms with Crippen LogP contribution < -0.4 is 0 Å². The maximum Gasteiger partial charge on any atom is 0.226 e. The van der Waals surface area contributed by atoms with Crippen molar-refractivity contribution in [2.75, 3.05) is 26.2 Å². The van der Waals surface area contributed by atoms with Gasteiger partial charge in [-0.3, -0.25) is 9.59 Å². The number of hydrogen-bond donors (Lipinski definition) is 0. The molecule has 2 aromatic rings. The van der Waals surface area contributed by atoms with Crippen molar-refractivity contribution >= 4 is 11.8 Å². The fourth-order valence-electron chi connectivity index (χ4n) is 4.90. The van der Waals surface area contributed by atoms with Crippen LogP contribution in [0.25, 0.3) is 0 Å². The monoisotopic (exact) mass is 388 g/mol. The first-order valence-corrected chi connectivity index (χ1v) is 10.9. The summed E-state index contributed by atoms with van der Waals surface area (Å²) in [5.74, 6) is 1.57. The lowest BCUT2D eigenvalue weighted by Gasteiger charge is -2.22. The molecule has 0 unspecified atom stereocenters. The molecule has 0 N–H and O–H groups in total. The average Bonchev–Trinajstić information content (AvgIpc) is 3.67. The predicted molar refractivity (Wildman–Crippen MR) is 112 cm³/mol. The van der Waals surface area contributed by atoms with E-state index in [1.807, 2.05) is 46.2 Å². The van der Waals surface area contributed by atoms with Gasteiger partial charge in [0.2, 0.25) is 11.8 Å². The molecular formula is C25H28N2O2. The van der Waals surface area contributed by atoms with Crippen molar-refractivity contribution < 1.29 is 9.59 Å². The Balaban J connectivity index is 1.15. The summed E-state index contributed by atoms with van der Waals surface area (Å²) in [6, 6.07) is 20.7. The average molecular weight is 389 g/mol. The van der Waals surface area contributed by atoms with Crippen molar-refractivity contribution in [1.82, 2.24) is 9.80 Å². The molecule has 3 fully saturated rings. The Morgan fingerprint density at radius 1 is 0.621 bits per heavy atom. The maximum atomic E-state index is 13.0. The Labute approximate surface area is 172 Å². The smallest absolute Gasteiger partial charge is 0.226 e. The Hall–Kier alpha value is -2.62. The molecule has 0 radical (unpaired) electrons. The summed E-state index contributed by atoms with van der Waals surface area (Å²) in [5.41, 5.74) is 2.55. The molecule has 1 saturated heterocycles. The Bertz CT molecular complexity index is 809. The van der Waals surface area contributed by atoms with Gasteiger partial charge in [0.05, 0.1) is 0 Å².